The summed E-state index contributed by atoms with van der Waals surface area (Å²) in [6, 6.07) is 0. The van der Waals surface area contributed by atoms with Crippen LogP contribution in [-0.2, 0) is 13.5 Å². The Morgan fingerprint density at radius 1 is 1.40 bits per heavy atom. The molecular weight excluding hydrogens is 360 g/mol. The van der Waals surface area contributed by atoms with Gasteiger partial charge < -0.3 is 5.32 Å². The van der Waals surface area contributed by atoms with Crippen LogP contribution in [0, 0.1) is 5.92 Å². The zero-order chi connectivity index (χ0) is 17.1. The van der Waals surface area contributed by atoms with Crippen LogP contribution in [0.3, 0.4) is 0 Å². The Hall–Kier alpha value is -1.51. The standard InChI is InChI=1S/C16H24N6OS.ClH/c1-10(2)8-13-18-12(9-24-13)15(23)20-16-19-14(21-22(16)3)11-4-6-17-7-5-11;/h9-11,17H,4-8H2,1-3H3,(H,19,20,21,23);1H. The van der Waals surface area contributed by atoms with Crippen molar-refractivity contribution >= 4 is 35.6 Å². The lowest BCUT2D eigenvalue weighted by Crippen LogP contribution is -2.27. The van der Waals surface area contributed by atoms with E-state index in [1.54, 1.807) is 17.1 Å². The van der Waals surface area contributed by atoms with E-state index in [2.05, 4.69) is 39.5 Å². The van der Waals surface area contributed by atoms with E-state index in [0.717, 1.165) is 43.2 Å². The summed E-state index contributed by atoms with van der Waals surface area (Å²) in [5, 5.41) is 13.4. The number of hydrogen-bond donors (Lipinski definition) is 2. The van der Waals surface area contributed by atoms with Crippen LogP contribution in [0.2, 0.25) is 0 Å². The second-order valence-electron chi connectivity index (χ2n) is 6.62. The molecule has 1 fully saturated rings. The minimum atomic E-state index is -0.228. The Bertz CT molecular complexity index is 707. The first-order valence-corrected chi connectivity index (χ1v) is 9.28. The molecule has 3 heterocycles. The molecule has 0 unspecified atom stereocenters. The number of hydrogen-bond acceptors (Lipinski definition) is 6. The van der Waals surface area contributed by atoms with Gasteiger partial charge in [-0.1, -0.05) is 13.8 Å². The van der Waals surface area contributed by atoms with Gasteiger partial charge in [0.2, 0.25) is 5.95 Å². The highest BCUT2D eigenvalue weighted by Gasteiger charge is 2.22. The van der Waals surface area contributed by atoms with E-state index in [-0.39, 0.29) is 18.3 Å². The number of piperidine rings is 1. The molecule has 25 heavy (non-hydrogen) atoms. The molecule has 1 saturated heterocycles. The number of amides is 1. The fourth-order valence-electron chi connectivity index (χ4n) is 2.79. The number of aryl methyl sites for hydroxylation is 1. The second-order valence-corrected chi connectivity index (χ2v) is 7.56. The topological polar surface area (TPSA) is 84.7 Å². The van der Waals surface area contributed by atoms with Gasteiger partial charge in [-0.2, -0.15) is 10.1 Å². The molecule has 0 aliphatic carbocycles. The maximum Gasteiger partial charge on any atom is 0.277 e. The largest absolute Gasteiger partial charge is 0.317 e. The number of aromatic nitrogens is 4. The van der Waals surface area contributed by atoms with Crippen molar-refractivity contribution in [2.75, 3.05) is 18.4 Å². The first-order chi connectivity index (χ1) is 11.5. The maximum absolute atomic E-state index is 12.4. The van der Waals surface area contributed by atoms with Crippen LogP contribution in [0.25, 0.3) is 0 Å². The molecule has 0 bridgehead atoms. The third-order valence-corrected chi connectivity index (χ3v) is 4.95. The minimum Gasteiger partial charge on any atom is -0.317 e. The number of carbonyl (C=O) groups excluding carboxylic acids is 1. The van der Waals surface area contributed by atoms with Gasteiger partial charge in [-0.25, -0.2) is 9.67 Å². The van der Waals surface area contributed by atoms with Crippen LogP contribution >= 0.6 is 23.7 Å². The molecule has 9 heteroatoms. The molecule has 0 saturated carbocycles. The summed E-state index contributed by atoms with van der Waals surface area (Å²) in [6.07, 6.45) is 2.95. The molecule has 138 valence electrons. The third kappa shape index (κ3) is 4.99. The number of nitrogens with one attached hydrogen (secondary N) is 2. The Labute approximate surface area is 158 Å². The monoisotopic (exact) mass is 384 g/mol. The first-order valence-electron chi connectivity index (χ1n) is 8.40. The van der Waals surface area contributed by atoms with Crippen LogP contribution in [-0.4, -0.2) is 38.7 Å². The third-order valence-electron chi connectivity index (χ3n) is 4.08. The zero-order valence-corrected chi connectivity index (χ0v) is 16.4. The van der Waals surface area contributed by atoms with E-state index >= 15 is 0 Å². The highest BCUT2D eigenvalue weighted by molar-refractivity contribution is 7.09. The molecule has 2 aromatic rings. The van der Waals surface area contributed by atoms with Crippen molar-refractivity contribution in [2.24, 2.45) is 13.0 Å². The van der Waals surface area contributed by atoms with Crippen LogP contribution in [0.5, 0.6) is 0 Å². The number of rotatable bonds is 5. The van der Waals surface area contributed by atoms with Gasteiger partial charge in [0.1, 0.15) is 5.69 Å². The van der Waals surface area contributed by atoms with Gasteiger partial charge in [0, 0.05) is 24.8 Å². The molecule has 7 nitrogen and oxygen atoms in total. The van der Waals surface area contributed by atoms with Gasteiger partial charge in [0.05, 0.1) is 5.01 Å². The first kappa shape index (κ1) is 19.8. The summed E-state index contributed by atoms with van der Waals surface area (Å²) in [6.45, 7) is 6.26. The van der Waals surface area contributed by atoms with E-state index < -0.39 is 0 Å². The van der Waals surface area contributed by atoms with Crippen molar-refractivity contribution in [3.8, 4) is 0 Å². The number of anilines is 1. The second kappa shape index (κ2) is 8.73. The van der Waals surface area contributed by atoms with Crippen LogP contribution < -0.4 is 10.6 Å². The molecule has 1 aliphatic heterocycles. The summed E-state index contributed by atoms with van der Waals surface area (Å²) in [4.78, 5) is 21.3. The highest BCUT2D eigenvalue weighted by Crippen LogP contribution is 2.23. The van der Waals surface area contributed by atoms with E-state index in [0.29, 0.717) is 23.5 Å². The molecule has 1 aliphatic rings. The van der Waals surface area contributed by atoms with Crippen LogP contribution in [0.4, 0.5) is 5.95 Å². The average Bonchev–Trinajstić information content (AvgIpc) is 3.15. The molecule has 3 rings (SSSR count). The molecule has 2 N–H and O–H groups in total. The summed E-state index contributed by atoms with van der Waals surface area (Å²) < 4.78 is 1.64. The minimum absolute atomic E-state index is 0. The van der Waals surface area contributed by atoms with E-state index in [9.17, 15) is 4.79 Å². The summed E-state index contributed by atoms with van der Waals surface area (Å²) >= 11 is 1.53. The van der Waals surface area contributed by atoms with Gasteiger partial charge in [0.25, 0.3) is 5.91 Å². The van der Waals surface area contributed by atoms with Crippen molar-refractivity contribution in [1.29, 1.82) is 0 Å². The average molecular weight is 385 g/mol. The van der Waals surface area contributed by atoms with E-state index in [1.165, 1.54) is 11.3 Å². The predicted octanol–water partition coefficient (Wildman–Crippen LogP) is 2.61. The van der Waals surface area contributed by atoms with Crippen molar-refractivity contribution in [2.45, 2.75) is 39.0 Å². The van der Waals surface area contributed by atoms with Crippen LogP contribution in [0.1, 0.15) is 53.9 Å². The summed E-state index contributed by atoms with van der Waals surface area (Å²) in [7, 11) is 1.80. The number of carbonyl (C=O) groups is 1. The van der Waals surface area contributed by atoms with Gasteiger partial charge >= 0.3 is 0 Å². The fraction of sp³-hybridized carbons (Fsp3) is 0.625. The van der Waals surface area contributed by atoms with E-state index in [1.807, 2.05) is 0 Å². The van der Waals surface area contributed by atoms with Gasteiger partial charge in [0.15, 0.2) is 5.82 Å². The van der Waals surface area contributed by atoms with Crippen molar-refractivity contribution in [3.63, 3.8) is 0 Å². The summed E-state index contributed by atoms with van der Waals surface area (Å²) in [5.41, 5.74) is 0.446. The molecule has 1 amide bonds. The lowest BCUT2D eigenvalue weighted by Gasteiger charge is -2.19. The number of thiazole rings is 1. The maximum atomic E-state index is 12.4. The molecule has 0 radical (unpaired) electrons. The molecule has 0 spiro atoms. The smallest absolute Gasteiger partial charge is 0.277 e. The molecule has 2 aromatic heterocycles. The predicted molar refractivity (Wildman–Crippen MR) is 102 cm³/mol. The van der Waals surface area contributed by atoms with E-state index in [4.69, 9.17) is 0 Å². The molecule has 0 aromatic carbocycles. The summed E-state index contributed by atoms with van der Waals surface area (Å²) in [5.74, 6) is 1.95. The van der Waals surface area contributed by atoms with Gasteiger partial charge in [-0.3, -0.25) is 10.1 Å². The lowest BCUT2D eigenvalue weighted by atomic mass is 9.98. The van der Waals surface area contributed by atoms with Crippen molar-refractivity contribution in [3.05, 3.63) is 21.9 Å². The fourth-order valence-corrected chi connectivity index (χ4v) is 3.78. The van der Waals surface area contributed by atoms with Crippen molar-refractivity contribution < 1.29 is 4.79 Å². The zero-order valence-electron chi connectivity index (χ0n) is 14.8. The Morgan fingerprint density at radius 3 is 2.80 bits per heavy atom. The number of halogens is 1. The van der Waals surface area contributed by atoms with Crippen molar-refractivity contribution in [1.82, 2.24) is 25.1 Å². The Morgan fingerprint density at radius 2 is 2.12 bits per heavy atom. The SMILES string of the molecule is CC(C)Cc1nc(C(=O)Nc2nc(C3CCNCC3)nn2C)cs1.Cl. The molecular formula is C16H25ClN6OS. The quantitative estimate of drug-likeness (QED) is 0.827. The highest BCUT2D eigenvalue weighted by atomic mass is 35.5. The Kier molecular flexibility index (Phi) is 6.92. The van der Waals surface area contributed by atoms with Crippen LogP contribution in [0.15, 0.2) is 5.38 Å². The number of nitrogens with zero attached hydrogens (tertiary/aromatic N) is 4. The normalized spacial score (nSPS) is 15.2. The lowest BCUT2D eigenvalue weighted by molar-refractivity contribution is 0.102. The Balaban J connectivity index is 0.00000225. The van der Waals surface area contributed by atoms with Gasteiger partial charge in [-0.15, -0.1) is 23.7 Å². The molecule has 0 atom stereocenters. The van der Waals surface area contributed by atoms with Gasteiger partial charge in [-0.05, 0) is 31.8 Å².